The fourth-order valence-electron chi connectivity index (χ4n) is 3.17. The number of aromatic nitrogens is 5. The average Bonchev–Trinajstić information content (AvgIpc) is 3.30. The van der Waals surface area contributed by atoms with Crippen molar-refractivity contribution in [3.8, 4) is 0 Å². The number of nitrogens with one attached hydrogen (secondary N) is 4. The largest absolute Gasteiger partial charge is 0.339 e. The summed E-state index contributed by atoms with van der Waals surface area (Å²) in [6.45, 7) is 0. The number of H-pyrrole nitrogens is 1. The van der Waals surface area contributed by atoms with Gasteiger partial charge in [0.15, 0.2) is 0 Å². The molecule has 0 aliphatic heterocycles. The molecule has 164 valence electrons. The fourth-order valence-corrected chi connectivity index (χ4v) is 4.18. The van der Waals surface area contributed by atoms with E-state index in [1.54, 1.807) is 48.8 Å². The Morgan fingerprint density at radius 1 is 0.788 bits per heavy atom. The van der Waals surface area contributed by atoms with E-state index in [2.05, 4.69) is 40.5 Å². The van der Waals surface area contributed by atoms with Gasteiger partial charge in [0, 0.05) is 23.5 Å². The topological polar surface area (TPSA) is 138 Å². The van der Waals surface area contributed by atoms with Crippen LogP contribution in [-0.4, -0.2) is 33.6 Å². The van der Waals surface area contributed by atoms with Gasteiger partial charge in [0.25, 0.3) is 10.0 Å². The van der Waals surface area contributed by atoms with Crippen molar-refractivity contribution in [2.75, 3.05) is 15.4 Å². The molecule has 0 aliphatic carbocycles. The average molecular weight is 459 g/mol. The second-order valence-corrected chi connectivity index (χ2v) is 8.68. The first kappa shape index (κ1) is 20.4. The molecule has 0 spiro atoms. The number of sulfonamides is 1. The minimum absolute atomic E-state index is 0.114. The number of hydrogen-bond donors (Lipinski definition) is 4. The second-order valence-electron chi connectivity index (χ2n) is 7.00. The zero-order valence-electron chi connectivity index (χ0n) is 17.1. The Morgan fingerprint density at radius 3 is 2.48 bits per heavy atom. The van der Waals surface area contributed by atoms with Crippen molar-refractivity contribution < 1.29 is 8.42 Å². The summed E-state index contributed by atoms with van der Waals surface area (Å²) in [6, 6.07) is 18.8. The van der Waals surface area contributed by atoms with E-state index in [1.165, 1.54) is 18.3 Å². The third kappa shape index (κ3) is 4.57. The fraction of sp³-hybridized carbons (Fsp3) is 0. The van der Waals surface area contributed by atoms with Crippen molar-refractivity contribution in [3.63, 3.8) is 0 Å². The van der Waals surface area contributed by atoms with Gasteiger partial charge in [-0.05, 0) is 54.6 Å². The van der Waals surface area contributed by atoms with Gasteiger partial charge >= 0.3 is 0 Å². The molecule has 0 unspecified atom stereocenters. The number of pyridine rings is 1. The Hall–Kier alpha value is -4.51. The lowest BCUT2D eigenvalue weighted by molar-refractivity contribution is 0.601. The molecule has 2 aromatic carbocycles. The number of benzene rings is 2. The lowest BCUT2D eigenvalue weighted by Crippen LogP contribution is -2.13. The summed E-state index contributed by atoms with van der Waals surface area (Å²) < 4.78 is 27.5. The van der Waals surface area contributed by atoms with Crippen LogP contribution in [0.5, 0.6) is 0 Å². The molecule has 11 heteroatoms. The lowest BCUT2D eigenvalue weighted by atomic mass is 10.2. The number of hydrogen-bond acceptors (Lipinski definition) is 8. The standard InChI is InChI=1S/C22H18N8O2S/c31-33(32,30-20-6-1-2-12-23-20)16-9-7-15(8-10-16)26-22-24-13-11-21(28-22)27-18-4-3-5-19-17(18)14-25-29-19/h1-14H,(H,23,30)(H,25,29)(H2,24,26,27,28). The van der Waals surface area contributed by atoms with Crippen LogP contribution >= 0.6 is 0 Å². The van der Waals surface area contributed by atoms with E-state index in [0.29, 0.717) is 17.5 Å². The predicted octanol–water partition coefficient (Wildman–Crippen LogP) is 4.04. The van der Waals surface area contributed by atoms with Crippen LogP contribution in [0.1, 0.15) is 0 Å². The van der Waals surface area contributed by atoms with Crippen molar-refractivity contribution in [3.05, 3.63) is 85.3 Å². The third-order valence-corrected chi connectivity index (χ3v) is 6.10. The molecule has 5 rings (SSSR count). The van der Waals surface area contributed by atoms with E-state index in [4.69, 9.17) is 0 Å². The van der Waals surface area contributed by atoms with Gasteiger partial charge in [-0.15, -0.1) is 0 Å². The molecule has 5 aromatic rings. The molecule has 3 heterocycles. The smallest absolute Gasteiger partial charge is 0.263 e. The summed E-state index contributed by atoms with van der Waals surface area (Å²) in [5.41, 5.74) is 2.42. The molecular formula is C22H18N8O2S. The highest BCUT2D eigenvalue weighted by Gasteiger charge is 2.14. The molecular weight excluding hydrogens is 440 g/mol. The van der Waals surface area contributed by atoms with Gasteiger partial charge in [0.2, 0.25) is 5.95 Å². The summed E-state index contributed by atoms with van der Waals surface area (Å²) in [5.74, 6) is 1.21. The van der Waals surface area contributed by atoms with Crippen LogP contribution < -0.4 is 15.4 Å². The summed E-state index contributed by atoms with van der Waals surface area (Å²) in [4.78, 5) is 12.8. The molecule has 10 nitrogen and oxygen atoms in total. The highest BCUT2D eigenvalue weighted by molar-refractivity contribution is 7.92. The number of nitrogens with zero attached hydrogens (tertiary/aromatic N) is 4. The van der Waals surface area contributed by atoms with E-state index >= 15 is 0 Å². The molecule has 0 amide bonds. The highest BCUT2D eigenvalue weighted by atomic mass is 32.2. The molecule has 0 saturated heterocycles. The number of anilines is 5. The molecule has 0 fully saturated rings. The predicted molar refractivity (Wildman–Crippen MR) is 126 cm³/mol. The third-order valence-electron chi connectivity index (χ3n) is 4.73. The van der Waals surface area contributed by atoms with E-state index < -0.39 is 10.0 Å². The highest BCUT2D eigenvalue weighted by Crippen LogP contribution is 2.25. The molecule has 0 atom stereocenters. The minimum Gasteiger partial charge on any atom is -0.339 e. The van der Waals surface area contributed by atoms with Crippen molar-refractivity contribution >= 4 is 49.9 Å². The van der Waals surface area contributed by atoms with Crippen molar-refractivity contribution in [2.45, 2.75) is 4.90 Å². The van der Waals surface area contributed by atoms with Gasteiger partial charge in [-0.25, -0.2) is 18.4 Å². The van der Waals surface area contributed by atoms with E-state index in [0.717, 1.165) is 16.6 Å². The maximum atomic E-state index is 12.6. The summed E-state index contributed by atoms with van der Waals surface area (Å²) in [5, 5.41) is 14.3. The van der Waals surface area contributed by atoms with Crippen LogP contribution in [0, 0.1) is 0 Å². The van der Waals surface area contributed by atoms with Gasteiger partial charge in [0.05, 0.1) is 22.3 Å². The van der Waals surface area contributed by atoms with Crippen molar-refractivity contribution in [1.82, 2.24) is 25.1 Å². The monoisotopic (exact) mass is 458 g/mol. The summed E-state index contributed by atoms with van der Waals surface area (Å²) in [6.07, 6.45) is 4.89. The van der Waals surface area contributed by atoms with Gasteiger partial charge in [-0.2, -0.15) is 10.1 Å². The van der Waals surface area contributed by atoms with Crippen LogP contribution in [0.4, 0.5) is 29.0 Å². The Balaban J connectivity index is 1.30. The number of fused-ring (bicyclic) bond motifs is 1. The molecule has 0 bridgehead atoms. The normalized spacial score (nSPS) is 11.3. The molecule has 0 radical (unpaired) electrons. The van der Waals surface area contributed by atoms with Crippen LogP contribution in [0.3, 0.4) is 0 Å². The van der Waals surface area contributed by atoms with E-state index in [-0.39, 0.29) is 10.7 Å². The molecule has 33 heavy (non-hydrogen) atoms. The summed E-state index contributed by atoms with van der Waals surface area (Å²) in [7, 11) is -3.75. The number of aromatic amines is 1. The van der Waals surface area contributed by atoms with Crippen molar-refractivity contribution in [1.29, 1.82) is 0 Å². The first-order chi connectivity index (χ1) is 16.1. The second kappa shape index (κ2) is 8.55. The van der Waals surface area contributed by atoms with Gasteiger partial charge in [0.1, 0.15) is 11.6 Å². The van der Waals surface area contributed by atoms with Crippen LogP contribution in [0.25, 0.3) is 10.9 Å². The lowest BCUT2D eigenvalue weighted by Gasteiger charge is -2.10. The molecule has 0 aliphatic rings. The number of rotatable bonds is 7. The van der Waals surface area contributed by atoms with Gasteiger partial charge in [-0.3, -0.25) is 9.82 Å². The van der Waals surface area contributed by atoms with Gasteiger partial charge in [-0.1, -0.05) is 12.1 Å². The summed E-state index contributed by atoms with van der Waals surface area (Å²) >= 11 is 0. The van der Waals surface area contributed by atoms with E-state index in [1.807, 2.05) is 18.2 Å². The van der Waals surface area contributed by atoms with Crippen LogP contribution in [0.2, 0.25) is 0 Å². The Labute approximate surface area is 189 Å². The Bertz CT molecular complexity index is 1500. The zero-order valence-corrected chi connectivity index (χ0v) is 17.9. The maximum absolute atomic E-state index is 12.6. The first-order valence-electron chi connectivity index (χ1n) is 9.90. The van der Waals surface area contributed by atoms with E-state index in [9.17, 15) is 8.42 Å². The molecule has 0 saturated carbocycles. The first-order valence-corrected chi connectivity index (χ1v) is 11.4. The Morgan fingerprint density at radius 2 is 1.67 bits per heavy atom. The van der Waals surface area contributed by atoms with Crippen molar-refractivity contribution in [2.24, 2.45) is 0 Å². The molecule has 3 aromatic heterocycles. The SMILES string of the molecule is O=S(=O)(Nc1ccccn1)c1ccc(Nc2nccc(Nc3cccc4[nH]ncc34)n2)cc1. The Kier molecular flexibility index (Phi) is 5.29. The quantitative estimate of drug-likeness (QED) is 0.287. The van der Waals surface area contributed by atoms with Crippen LogP contribution in [-0.2, 0) is 10.0 Å². The zero-order chi connectivity index (χ0) is 22.7. The minimum atomic E-state index is -3.75. The van der Waals surface area contributed by atoms with Crippen LogP contribution in [0.15, 0.2) is 90.2 Å². The van der Waals surface area contributed by atoms with Gasteiger partial charge < -0.3 is 10.6 Å². The maximum Gasteiger partial charge on any atom is 0.263 e. The molecule has 4 N–H and O–H groups in total.